The molecule has 7 heteroatoms. The van der Waals surface area contributed by atoms with Crippen LogP contribution in [0.25, 0.3) is 0 Å². The Bertz CT molecular complexity index is 553. The predicted octanol–water partition coefficient (Wildman–Crippen LogP) is 3.24. The molecule has 1 aromatic rings. The second kappa shape index (κ2) is 6.76. The van der Waals surface area contributed by atoms with E-state index < -0.39 is 29.8 Å². The average Bonchev–Trinajstić information content (AvgIpc) is 2.43. The van der Waals surface area contributed by atoms with Crippen LogP contribution in [0, 0.1) is 11.7 Å². The Morgan fingerprint density at radius 2 is 2.00 bits per heavy atom. The van der Waals surface area contributed by atoms with Gasteiger partial charge in [0.15, 0.2) is 0 Å². The lowest BCUT2D eigenvalue weighted by Crippen LogP contribution is -2.46. The van der Waals surface area contributed by atoms with Crippen molar-refractivity contribution in [3.63, 3.8) is 0 Å². The van der Waals surface area contributed by atoms with Crippen LogP contribution < -0.4 is 10.6 Å². The maximum atomic E-state index is 13.3. The summed E-state index contributed by atoms with van der Waals surface area (Å²) in [6.45, 7) is 0. The molecule has 2 rings (SSSR count). The van der Waals surface area contributed by atoms with Crippen molar-refractivity contribution in [2.45, 2.75) is 31.7 Å². The number of amides is 2. The molecule has 1 aromatic carbocycles. The van der Waals surface area contributed by atoms with Crippen LogP contribution in [0.15, 0.2) is 18.2 Å². The van der Waals surface area contributed by atoms with E-state index in [0.29, 0.717) is 12.8 Å². The molecular formula is C14H16ClFN2O3. The lowest BCUT2D eigenvalue weighted by atomic mass is 9.84. The molecule has 1 aliphatic carbocycles. The molecule has 21 heavy (non-hydrogen) atoms. The van der Waals surface area contributed by atoms with Gasteiger partial charge in [-0.2, -0.15) is 0 Å². The number of carboxylic acid groups (broad SMARTS) is 1. The minimum Gasteiger partial charge on any atom is -0.481 e. The molecule has 0 aliphatic heterocycles. The molecule has 0 aromatic heterocycles. The van der Waals surface area contributed by atoms with Gasteiger partial charge in [-0.1, -0.05) is 24.4 Å². The van der Waals surface area contributed by atoms with Gasteiger partial charge >= 0.3 is 12.0 Å². The fourth-order valence-electron chi connectivity index (χ4n) is 2.51. The summed E-state index contributed by atoms with van der Waals surface area (Å²) in [4.78, 5) is 23.0. The molecular weight excluding hydrogens is 299 g/mol. The first-order valence-corrected chi connectivity index (χ1v) is 7.10. The summed E-state index contributed by atoms with van der Waals surface area (Å²) in [5.74, 6) is -2.11. The van der Waals surface area contributed by atoms with Crippen LogP contribution in [0.4, 0.5) is 14.9 Å². The van der Waals surface area contributed by atoms with E-state index in [2.05, 4.69) is 10.6 Å². The number of benzene rings is 1. The van der Waals surface area contributed by atoms with Gasteiger partial charge in [0.1, 0.15) is 5.82 Å². The highest BCUT2D eigenvalue weighted by Gasteiger charge is 2.31. The normalized spacial score (nSPS) is 21.6. The number of carboxylic acids is 1. The molecule has 1 fully saturated rings. The molecule has 5 nitrogen and oxygen atoms in total. The van der Waals surface area contributed by atoms with Crippen LogP contribution in [0.2, 0.25) is 5.02 Å². The topological polar surface area (TPSA) is 78.4 Å². The van der Waals surface area contributed by atoms with Gasteiger partial charge in [-0.25, -0.2) is 9.18 Å². The van der Waals surface area contributed by atoms with E-state index in [4.69, 9.17) is 16.7 Å². The van der Waals surface area contributed by atoms with Gasteiger partial charge in [-0.3, -0.25) is 4.79 Å². The van der Waals surface area contributed by atoms with Crippen LogP contribution in [-0.4, -0.2) is 23.1 Å². The highest BCUT2D eigenvalue weighted by Crippen LogP contribution is 2.25. The molecule has 2 amide bonds. The summed E-state index contributed by atoms with van der Waals surface area (Å²) in [7, 11) is 0. The third kappa shape index (κ3) is 4.07. The van der Waals surface area contributed by atoms with Gasteiger partial charge < -0.3 is 15.7 Å². The first-order chi connectivity index (χ1) is 9.97. The van der Waals surface area contributed by atoms with Crippen LogP contribution >= 0.6 is 11.6 Å². The molecule has 1 aliphatic rings. The second-order valence-corrected chi connectivity index (χ2v) is 5.47. The molecule has 114 valence electrons. The summed E-state index contributed by atoms with van der Waals surface area (Å²) in [6, 6.07) is 2.97. The Morgan fingerprint density at radius 3 is 2.67 bits per heavy atom. The zero-order chi connectivity index (χ0) is 15.4. The summed E-state index contributed by atoms with van der Waals surface area (Å²) < 4.78 is 13.3. The number of urea groups is 1. The van der Waals surface area contributed by atoms with E-state index in [1.165, 1.54) is 12.1 Å². The van der Waals surface area contributed by atoms with Crippen molar-refractivity contribution in [1.82, 2.24) is 5.32 Å². The first kappa shape index (κ1) is 15.6. The van der Waals surface area contributed by atoms with Crippen molar-refractivity contribution in [3.05, 3.63) is 29.0 Å². The Labute approximate surface area is 126 Å². The molecule has 0 heterocycles. The molecule has 3 N–H and O–H groups in total. The fourth-order valence-corrected chi connectivity index (χ4v) is 2.63. The number of hydrogen-bond donors (Lipinski definition) is 3. The SMILES string of the molecule is O=C(Nc1ccc(Cl)c(F)c1)NC1CCCCC1C(=O)O. The Kier molecular flexibility index (Phi) is 5.01. The van der Waals surface area contributed by atoms with Crippen molar-refractivity contribution in [2.75, 3.05) is 5.32 Å². The molecule has 2 atom stereocenters. The van der Waals surface area contributed by atoms with Crippen molar-refractivity contribution < 1.29 is 19.1 Å². The number of carbonyl (C=O) groups excluding carboxylic acids is 1. The summed E-state index contributed by atoms with van der Waals surface area (Å²) in [6.07, 6.45) is 2.90. The van der Waals surface area contributed by atoms with Gasteiger partial charge in [0, 0.05) is 11.7 Å². The van der Waals surface area contributed by atoms with Crippen molar-refractivity contribution in [2.24, 2.45) is 5.92 Å². The number of carbonyl (C=O) groups is 2. The van der Waals surface area contributed by atoms with Crippen LogP contribution in [0.3, 0.4) is 0 Å². The van der Waals surface area contributed by atoms with Crippen LogP contribution in [0.1, 0.15) is 25.7 Å². The largest absolute Gasteiger partial charge is 0.481 e. The van der Waals surface area contributed by atoms with E-state index in [0.717, 1.165) is 18.9 Å². The van der Waals surface area contributed by atoms with Crippen molar-refractivity contribution in [3.8, 4) is 0 Å². The van der Waals surface area contributed by atoms with Gasteiger partial charge in [-0.15, -0.1) is 0 Å². The molecule has 0 saturated heterocycles. The van der Waals surface area contributed by atoms with Crippen molar-refractivity contribution in [1.29, 1.82) is 0 Å². The lowest BCUT2D eigenvalue weighted by molar-refractivity contribution is -0.143. The van der Waals surface area contributed by atoms with E-state index in [1.807, 2.05) is 0 Å². The number of aliphatic carboxylic acids is 1. The Balaban J connectivity index is 1.97. The lowest BCUT2D eigenvalue weighted by Gasteiger charge is -2.29. The number of rotatable bonds is 3. The monoisotopic (exact) mass is 314 g/mol. The first-order valence-electron chi connectivity index (χ1n) is 6.73. The van der Waals surface area contributed by atoms with Crippen LogP contribution in [0.5, 0.6) is 0 Å². The molecule has 0 radical (unpaired) electrons. The maximum absolute atomic E-state index is 13.3. The zero-order valence-electron chi connectivity index (χ0n) is 11.2. The van der Waals surface area contributed by atoms with E-state index >= 15 is 0 Å². The van der Waals surface area contributed by atoms with E-state index in [9.17, 15) is 14.0 Å². The van der Waals surface area contributed by atoms with E-state index in [-0.39, 0.29) is 10.7 Å². The van der Waals surface area contributed by atoms with E-state index in [1.54, 1.807) is 0 Å². The molecule has 2 unspecified atom stereocenters. The summed E-state index contributed by atoms with van der Waals surface area (Å²) in [5.41, 5.74) is 0.261. The third-order valence-electron chi connectivity index (χ3n) is 3.58. The van der Waals surface area contributed by atoms with Crippen molar-refractivity contribution >= 4 is 29.3 Å². The van der Waals surface area contributed by atoms with Gasteiger partial charge in [0.2, 0.25) is 0 Å². The predicted molar refractivity (Wildman–Crippen MR) is 76.9 cm³/mol. The standard InChI is InChI=1S/C14H16ClFN2O3/c15-10-6-5-8(7-11(10)16)17-14(21)18-12-4-2-1-3-9(12)13(19)20/h5-7,9,12H,1-4H2,(H,19,20)(H2,17,18,21). The number of halogens is 2. The quantitative estimate of drug-likeness (QED) is 0.801. The highest BCUT2D eigenvalue weighted by atomic mass is 35.5. The average molecular weight is 315 g/mol. The molecule has 1 saturated carbocycles. The fraction of sp³-hybridized carbons (Fsp3) is 0.429. The summed E-state index contributed by atoms with van der Waals surface area (Å²) in [5, 5.41) is 14.2. The highest BCUT2D eigenvalue weighted by molar-refractivity contribution is 6.30. The molecule has 0 spiro atoms. The second-order valence-electron chi connectivity index (χ2n) is 5.06. The third-order valence-corrected chi connectivity index (χ3v) is 3.88. The maximum Gasteiger partial charge on any atom is 0.319 e. The number of nitrogens with one attached hydrogen (secondary N) is 2. The van der Waals surface area contributed by atoms with Gasteiger partial charge in [0.25, 0.3) is 0 Å². The zero-order valence-corrected chi connectivity index (χ0v) is 12.0. The minimum atomic E-state index is -0.905. The smallest absolute Gasteiger partial charge is 0.319 e. The minimum absolute atomic E-state index is 0.0285. The van der Waals surface area contributed by atoms with Crippen LogP contribution in [-0.2, 0) is 4.79 Å². The summed E-state index contributed by atoms with van der Waals surface area (Å²) >= 11 is 5.56. The molecule has 0 bridgehead atoms. The Hall–Kier alpha value is -1.82. The Morgan fingerprint density at radius 1 is 1.29 bits per heavy atom. The van der Waals surface area contributed by atoms with Gasteiger partial charge in [-0.05, 0) is 31.0 Å². The number of anilines is 1. The van der Waals surface area contributed by atoms with Gasteiger partial charge in [0.05, 0.1) is 10.9 Å². The number of hydrogen-bond acceptors (Lipinski definition) is 2.